The largest absolute Gasteiger partial charge is 0.411 e. The molecule has 7 nitrogen and oxygen atoms in total. The maximum Gasteiger partial charge on any atom is 0.277 e. The fourth-order valence-corrected chi connectivity index (χ4v) is 1.85. The van der Waals surface area contributed by atoms with Gasteiger partial charge in [0.25, 0.3) is 10.9 Å². The molecule has 0 aliphatic heterocycles. The van der Waals surface area contributed by atoms with Crippen LogP contribution in [0, 0.1) is 22.0 Å². The van der Waals surface area contributed by atoms with Gasteiger partial charge in [-0.2, -0.15) is 0 Å². The van der Waals surface area contributed by atoms with E-state index in [1.54, 1.807) is 12.1 Å². The van der Waals surface area contributed by atoms with E-state index in [9.17, 15) is 10.1 Å². The van der Waals surface area contributed by atoms with Crippen molar-refractivity contribution in [2.45, 2.75) is 5.22 Å². The van der Waals surface area contributed by atoms with Crippen LogP contribution in [-0.2, 0) is 0 Å². The van der Waals surface area contributed by atoms with Crippen LogP contribution in [0.4, 0.5) is 5.69 Å². The van der Waals surface area contributed by atoms with E-state index in [2.05, 4.69) is 22.0 Å². The van der Waals surface area contributed by atoms with Gasteiger partial charge in [0.15, 0.2) is 0 Å². The summed E-state index contributed by atoms with van der Waals surface area (Å²) in [5, 5.41) is 27.1. The number of thioether (sulfide) groups is 1. The summed E-state index contributed by atoms with van der Waals surface area (Å²) in [5.41, 5.74) is 0.610. The lowest BCUT2D eigenvalue weighted by molar-refractivity contribution is -0.384. The first kappa shape index (κ1) is 14.0. The van der Waals surface area contributed by atoms with E-state index in [4.69, 9.17) is 9.52 Å². The zero-order chi connectivity index (χ0) is 14.4. The van der Waals surface area contributed by atoms with Crippen molar-refractivity contribution in [3.05, 3.63) is 34.4 Å². The zero-order valence-electron chi connectivity index (χ0n) is 10.1. The number of benzene rings is 1. The first-order valence-electron chi connectivity index (χ1n) is 5.48. The van der Waals surface area contributed by atoms with Gasteiger partial charge >= 0.3 is 0 Å². The summed E-state index contributed by atoms with van der Waals surface area (Å²) in [6, 6.07) is 5.84. The number of nitro groups is 1. The lowest BCUT2D eigenvalue weighted by Crippen LogP contribution is -1.87. The molecule has 2 aromatic rings. The Kier molecular flexibility index (Phi) is 4.70. The van der Waals surface area contributed by atoms with E-state index in [0.717, 1.165) is 0 Å². The molecule has 0 unspecified atom stereocenters. The van der Waals surface area contributed by atoms with Crippen molar-refractivity contribution in [3.63, 3.8) is 0 Å². The molecule has 0 saturated carbocycles. The summed E-state index contributed by atoms with van der Waals surface area (Å²) in [5.74, 6) is 5.94. The number of nitro benzene ring substituents is 1. The van der Waals surface area contributed by atoms with Gasteiger partial charge in [-0.25, -0.2) is 0 Å². The molecule has 102 valence electrons. The molecule has 0 aliphatic rings. The quantitative estimate of drug-likeness (QED) is 0.396. The molecular weight excluding hydrogens is 282 g/mol. The average molecular weight is 291 g/mol. The van der Waals surface area contributed by atoms with Gasteiger partial charge in [0, 0.05) is 17.7 Å². The molecule has 0 spiro atoms. The number of aromatic nitrogens is 2. The van der Waals surface area contributed by atoms with E-state index in [1.165, 1.54) is 23.9 Å². The molecule has 1 N–H and O–H groups in total. The average Bonchev–Trinajstić information content (AvgIpc) is 2.92. The van der Waals surface area contributed by atoms with Crippen LogP contribution in [0.25, 0.3) is 11.5 Å². The van der Waals surface area contributed by atoms with E-state index in [-0.39, 0.29) is 18.2 Å². The maximum absolute atomic E-state index is 10.5. The standard InChI is InChI=1S/C12H9N3O4S/c16-7-1-2-8-20-12-14-13-11(19-12)9-3-5-10(6-4-9)15(17)18/h3-6,16H,7-8H2. The van der Waals surface area contributed by atoms with Crippen LogP contribution in [0.15, 0.2) is 33.9 Å². The third-order valence-electron chi connectivity index (χ3n) is 2.20. The molecule has 1 aromatic carbocycles. The fourth-order valence-electron chi connectivity index (χ4n) is 1.32. The summed E-state index contributed by atoms with van der Waals surface area (Å²) in [7, 11) is 0. The molecule has 0 radical (unpaired) electrons. The zero-order valence-corrected chi connectivity index (χ0v) is 11.0. The molecular formula is C12H9N3O4S. The van der Waals surface area contributed by atoms with Crippen LogP contribution in [0.2, 0.25) is 0 Å². The second-order valence-corrected chi connectivity index (χ2v) is 4.40. The lowest BCUT2D eigenvalue weighted by atomic mass is 10.2. The van der Waals surface area contributed by atoms with Crippen molar-refractivity contribution in [2.24, 2.45) is 0 Å². The van der Waals surface area contributed by atoms with Crippen LogP contribution >= 0.6 is 11.8 Å². The van der Waals surface area contributed by atoms with Crippen molar-refractivity contribution in [1.82, 2.24) is 10.2 Å². The third kappa shape index (κ3) is 3.57. The van der Waals surface area contributed by atoms with Crippen molar-refractivity contribution in [3.8, 4) is 23.3 Å². The first-order chi connectivity index (χ1) is 9.70. The Morgan fingerprint density at radius 3 is 2.70 bits per heavy atom. The Balaban J connectivity index is 2.06. The predicted molar refractivity (Wildman–Crippen MR) is 72.0 cm³/mol. The normalized spacial score (nSPS) is 9.85. The minimum atomic E-state index is -0.474. The first-order valence-corrected chi connectivity index (χ1v) is 6.47. The molecule has 0 atom stereocenters. The summed E-state index contributed by atoms with van der Waals surface area (Å²) in [6.07, 6.45) is 0. The molecule has 0 amide bonds. The van der Waals surface area contributed by atoms with Gasteiger partial charge in [-0.15, -0.1) is 10.2 Å². The second-order valence-electron chi connectivity index (χ2n) is 3.48. The molecule has 0 aliphatic carbocycles. The van der Waals surface area contributed by atoms with Gasteiger partial charge < -0.3 is 9.52 Å². The summed E-state index contributed by atoms with van der Waals surface area (Å²) >= 11 is 1.25. The second kappa shape index (κ2) is 6.70. The minimum Gasteiger partial charge on any atom is -0.411 e. The van der Waals surface area contributed by atoms with Gasteiger partial charge in [0.2, 0.25) is 5.89 Å². The van der Waals surface area contributed by atoms with Gasteiger partial charge in [-0.05, 0) is 12.1 Å². The molecule has 2 rings (SSSR count). The van der Waals surface area contributed by atoms with Crippen LogP contribution in [0.3, 0.4) is 0 Å². The Morgan fingerprint density at radius 2 is 2.05 bits per heavy atom. The molecule has 0 fully saturated rings. The SMILES string of the molecule is O=[N+]([O-])c1ccc(-c2nnc(SCC#CCO)o2)cc1. The number of hydrogen-bond donors (Lipinski definition) is 1. The molecule has 8 heteroatoms. The lowest BCUT2D eigenvalue weighted by Gasteiger charge is -1.94. The summed E-state index contributed by atoms with van der Waals surface area (Å²) < 4.78 is 5.39. The Hall–Kier alpha value is -2.37. The van der Waals surface area contributed by atoms with Gasteiger partial charge in [-0.3, -0.25) is 10.1 Å². The number of non-ortho nitro benzene ring substituents is 1. The van der Waals surface area contributed by atoms with E-state index >= 15 is 0 Å². The molecule has 0 saturated heterocycles. The number of hydrogen-bond acceptors (Lipinski definition) is 7. The Morgan fingerprint density at radius 1 is 1.30 bits per heavy atom. The molecule has 1 aromatic heterocycles. The van der Waals surface area contributed by atoms with E-state index < -0.39 is 4.92 Å². The number of aliphatic hydroxyl groups excluding tert-OH is 1. The fraction of sp³-hybridized carbons (Fsp3) is 0.167. The highest BCUT2D eigenvalue weighted by Gasteiger charge is 2.10. The number of aliphatic hydroxyl groups is 1. The summed E-state index contributed by atoms with van der Waals surface area (Å²) in [6.45, 7) is -0.182. The van der Waals surface area contributed by atoms with Gasteiger partial charge in [0.05, 0.1) is 10.7 Å². The third-order valence-corrected chi connectivity index (χ3v) is 2.90. The smallest absolute Gasteiger partial charge is 0.277 e. The Bertz CT molecular complexity index is 657. The van der Waals surface area contributed by atoms with Crippen molar-refractivity contribution in [2.75, 3.05) is 12.4 Å². The van der Waals surface area contributed by atoms with Crippen LogP contribution in [0.5, 0.6) is 0 Å². The topological polar surface area (TPSA) is 102 Å². The van der Waals surface area contributed by atoms with E-state index in [1.807, 2.05) is 0 Å². The van der Waals surface area contributed by atoms with E-state index in [0.29, 0.717) is 16.5 Å². The Labute approximate surface area is 118 Å². The van der Waals surface area contributed by atoms with Gasteiger partial charge in [0.1, 0.15) is 6.61 Å². The number of nitrogens with zero attached hydrogens (tertiary/aromatic N) is 3. The molecule has 20 heavy (non-hydrogen) atoms. The summed E-state index contributed by atoms with van der Waals surface area (Å²) in [4.78, 5) is 10.1. The maximum atomic E-state index is 10.5. The van der Waals surface area contributed by atoms with Crippen LogP contribution < -0.4 is 0 Å². The minimum absolute atomic E-state index is 0.00198. The van der Waals surface area contributed by atoms with Gasteiger partial charge in [-0.1, -0.05) is 23.6 Å². The van der Waals surface area contributed by atoms with Crippen molar-refractivity contribution in [1.29, 1.82) is 0 Å². The highest BCUT2D eigenvalue weighted by Crippen LogP contribution is 2.24. The highest BCUT2D eigenvalue weighted by molar-refractivity contribution is 7.99. The molecule has 0 bridgehead atoms. The van der Waals surface area contributed by atoms with Crippen molar-refractivity contribution >= 4 is 17.4 Å². The number of rotatable bonds is 4. The molecule has 1 heterocycles. The van der Waals surface area contributed by atoms with Crippen LogP contribution in [-0.4, -0.2) is 32.6 Å². The van der Waals surface area contributed by atoms with Crippen LogP contribution in [0.1, 0.15) is 0 Å². The monoisotopic (exact) mass is 291 g/mol. The van der Waals surface area contributed by atoms with Crippen molar-refractivity contribution < 1.29 is 14.4 Å². The highest BCUT2D eigenvalue weighted by atomic mass is 32.2. The predicted octanol–water partition coefficient (Wildman–Crippen LogP) is 1.73.